The van der Waals surface area contributed by atoms with Crippen LogP contribution < -0.4 is 5.32 Å². The van der Waals surface area contributed by atoms with Gasteiger partial charge in [0.1, 0.15) is 0 Å². The van der Waals surface area contributed by atoms with Crippen LogP contribution in [-0.4, -0.2) is 5.71 Å². The molecule has 4 rings (SSSR count). The van der Waals surface area contributed by atoms with Crippen molar-refractivity contribution in [3.05, 3.63) is 69.0 Å². The second-order valence-electron chi connectivity index (χ2n) is 5.73. The van der Waals surface area contributed by atoms with E-state index in [4.69, 9.17) is 4.99 Å². The molecule has 22 heavy (non-hydrogen) atoms. The highest BCUT2D eigenvalue weighted by atomic mass is 32.1. The van der Waals surface area contributed by atoms with Crippen molar-refractivity contribution in [2.45, 2.75) is 18.9 Å². The quantitative estimate of drug-likeness (QED) is 0.646. The van der Waals surface area contributed by atoms with Crippen molar-refractivity contribution < 1.29 is 0 Å². The van der Waals surface area contributed by atoms with Crippen molar-refractivity contribution in [3.8, 4) is 0 Å². The number of nitrogens with one attached hydrogen (secondary N) is 1. The van der Waals surface area contributed by atoms with Crippen molar-refractivity contribution in [1.82, 2.24) is 0 Å². The summed E-state index contributed by atoms with van der Waals surface area (Å²) in [6.07, 6.45) is 0.870. The SMILES string of the molecule is CC1(c2ccsc2)CC(c2ccsc2)=Nc2ccccc2N1. The fourth-order valence-electron chi connectivity index (χ4n) is 2.89. The number of anilines is 1. The highest BCUT2D eigenvalue weighted by molar-refractivity contribution is 7.08. The van der Waals surface area contributed by atoms with Crippen molar-refractivity contribution in [2.24, 2.45) is 4.99 Å². The number of para-hydroxylation sites is 2. The fourth-order valence-corrected chi connectivity index (χ4v) is 4.34. The third-order valence-electron chi connectivity index (χ3n) is 4.10. The van der Waals surface area contributed by atoms with E-state index in [1.165, 1.54) is 11.1 Å². The lowest BCUT2D eigenvalue weighted by atomic mass is 9.87. The molecule has 2 aromatic heterocycles. The second kappa shape index (κ2) is 5.38. The minimum Gasteiger partial charge on any atom is -0.374 e. The number of nitrogens with zero attached hydrogens (tertiary/aromatic N) is 1. The van der Waals surface area contributed by atoms with Crippen LogP contribution in [0.1, 0.15) is 24.5 Å². The largest absolute Gasteiger partial charge is 0.374 e. The molecule has 0 aliphatic carbocycles. The Hall–Kier alpha value is -1.91. The Labute approximate surface area is 138 Å². The molecule has 1 aliphatic rings. The maximum atomic E-state index is 4.95. The Bertz CT molecular complexity index is 804. The lowest BCUT2D eigenvalue weighted by Gasteiger charge is -2.30. The minimum absolute atomic E-state index is 0.145. The van der Waals surface area contributed by atoms with Gasteiger partial charge < -0.3 is 5.32 Å². The Kier molecular flexibility index (Phi) is 3.36. The van der Waals surface area contributed by atoms with E-state index in [9.17, 15) is 0 Å². The van der Waals surface area contributed by atoms with Gasteiger partial charge in [-0.2, -0.15) is 22.7 Å². The zero-order valence-electron chi connectivity index (χ0n) is 12.2. The lowest BCUT2D eigenvalue weighted by Crippen LogP contribution is -2.33. The number of thiophene rings is 2. The summed E-state index contributed by atoms with van der Waals surface area (Å²) in [6.45, 7) is 2.26. The maximum absolute atomic E-state index is 4.95. The smallest absolute Gasteiger partial charge is 0.0864 e. The Balaban J connectivity index is 1.87. The minimum atomic E-state index is -0.145. The van der Waals surface area contributed by atoms with Crippen LogP contribution in [0, 0.1) is 0 Å². The van der Waals surface area contributed by atoms with Gasteiger partial charge in [-0.1, -0.05) is 12.1 Å². The first kappa shape index (κ1) is 13.7. The van der Waals surface area contributed by atoms with E-state index in [1.807, 2.05) is 6.07 Å². The van der Waals surface area contributed by atoms with Gasteiger partial charge in [0.15, 0.2) is 0 Å². The topological polar surface area (TPSA) is 24.4 Å². The second-order valence-corrected chi connectivity index (χ2v) is 7.29. The molecule has 0 bridgehead atoms. The monoisotopic (exact) mass is 324 g/mol. The Morgan fingerprint density at radius 3 is 2.64 bits per heavy atom. The molecule has 0 saturated carbocycles. The van der Waals surface area contributed by atoms with Crippen LogP contribution in [0.2, 0.25) is 0 Å². The third kappa shape index (κ3) is 2.38. The Morgan fingerprint density at radius 1 is 1.05 bits per heavy atom. The Morgan fingerprint density at radius 2 is 1.86 bits per heavy atom. The van der Waals surface area contributed by atoms with Crippen LogP contribution in [0.3, 0.4) is 0 Å². The summed E-state index contributed by atoms with van der Waals surface area (Å²) in [6, 6.07) is 12.7. The number of hydrogen-bond acceptors (Lipinski definition) is 4. The van der Waals surface area contributed by atoms with Gasteiger partial charge in [-0.25, -0.2) is 0 Å². The zero-order chi connectivity index (χ0) is 15.0. The molecule has 0 spiro atoms. The van der Waals surface area contributed by atoms with Crippen molar-refractivity contribution in [2.75, 3.05) is 5.32 Å². The highest BCUT2D eigenvalue weighted by Crippen LogP contribution is 2.39. The lowest BCUT2D eigenvalue weighted by molar-refractivity contribution is 0.573. The summed E-state index contributed by atoms with van der Waals surface area (Å²) in [4.78, 5) is 4.95. The van der Waals surface area contributed by atoms with Crippen LogP contribution in [0.4, 0.5) is 11.4 Å². The molecule has 0 radical (unpaired) electrons. The van der Waals surface area contributed by atoms with E-state index < -0.39 is 0 Å². The van der Waals surface area contributed by atoms with Crippen molar-refractivity contribution >= 4 is 39.8 Å². The summed E-state index contributed by atoms with van der Waals surface area (Å²) in [5.41, 5.74) is 5.66. The number of hydrogen-bond donors (Lipinski definition) is 1. The molecule has 3 aromatic rings. The van der Waals surface area contributed by atoms with Gasteiger partial charge in [-0.15, -0.1) is 0 Å². The summed E-state index contributed by atoms with van der Waals surface area (Å²) in [5, 5.41) is 12.4. The molecule has 4 heteroatoms. The first-order chi connectivity index (χ1) is 10.7. The average Bonchev–Trinajstić information content (AvgIpc) is 3.20. The van der Waals surface area contributed by atoms with Crippen LogP contribution in [0.15, 0.2) is 62.9 Å². The van der Waals surface area contributed by atoms with Crippen LogP contribution >= 0.6 is 22.7 Å². The molecule has 3 heterocycles. The molecule has 0 fully saturated rings. The van der Waals surface area contributed by atoms with E-state index in [1.54, 1.807) is 22.7 Å². The number of aliphatic imine (C=N–C) groups is 1. The molecule has 110 valence electrons. The first-order valence-corrected chi connectivity index (χ1v) is 9.13. The fraction of sp³-hybridized carbons (Fsp3) is 0.167. The van der Waals surface area contributed by atoms with E-state index in [0.717, 1.165) is 23.5 Å². The van der Waals surface area contributed by atoms with Crippen LogP contribution in [-0.2, 0) is 5.54 Å². The number of fused-ring (bicyclic) bond motifs is 1. The van der Waals surface area contributed by atoms with Crippen LogP contribution in [0.25, 0.3) is 0 Å². The average molecular weight is 324 g/mol. The molecule has 1 aromatic carbocycles. The van der Waals surface area contributed by atoms with Gasteiger partial charge in [0.2, 0.25) is 0 Å². The van der Waals surface area contributed by atoms with Crippen molar-refractivity contribution in [3.63, 3.8) is 0 Å². The number of benzene rings is 1. The third-order valence-corrected chi connectivity index (χ3v) is 5.47. The summed E-state index contributed by atoms with van der Waals surface area (Å²) in [5.74, 6) is 0. The highest BCUT2D eigenvalue weighted by Gasteiger charge is 2.32. The van der Waals surface area contributed by atoms with Gasteiger partial charge in [-0.05, 0) is 58.3 Å². The molecular weight excluding hydrogens is 308 g/mol. The summed E-state index contributed by atoms with van der Waals surface area (Å²) in [7, 11) is 0. The zero-order valence-corrected chi connectivity index (χ0v) is 13.9. The van der Waals surface area contributed by atoms with E-state index in [-0.39, 0.29) is 5.54 Å². The molecule has 0 amide bonds. The van der Waals surface area contributed by atoms with E-state index in [0.29, 0.717) is 0 Å². The first-order valence-electron chi connectivity index (χ1n) is 7.25. The molecular formula is C18H16N2S2. The molecule has 1 unspecified atom stereocenters. The van der Waals surface area contributed by atoms with Gasteiger partial charge >= 0.3 is 0 Å². The van der Waals surface area contributed by atoms with Gasteiger partial charge in [0.25, 0.3) is 0 Å². The van der Waals surface area contributed by atoms with Gasteiger partial charge in [-0.3, -0.25) is 4.99 Å². The molecule has 2 nitrogen and oxygen atoms in total. The predicted molar refractivity (Wildman–Crippen MR) is 96.9 cm³/mol. The summed E-state index contributed by atoms with van der Waals surface area (Å²) >= 11 is 3.46. The van der Waals surface area contributed by atoms with E-state index in [2.05, 4.69) is 64.1 Å². The van der Waals surface area contributed by atoms with E-state index >= 15 is 0 Å². The predicted octanol–water partition coefficient (Wildman–Crippen LogP) is 5.66. The standard InChI is InChI=1S/C18H16N2S2/c1-18(14-7-9-22-12-14)10-17(13-6-8-21-11-13)19-15-4-2-3-5-16(15)20-18/h2-9,11-12,20H,10H2,1H3. The molecule has 1 atom stereocenters. The van der Waals surface area contributed by atoms with Crippen molar-refractivity contribution in [1.29, 1.82) is 0 Å². The van der Waals surface area contributed by atoms with Crippen LogP contribution in [0.5, 0.6) is 0 Å². The summed E-state index contributed by atoms with van der Waals surface area (Å²) < 4.78 is 0. The molecule has 1 N–H and O–H groups in total. The molecule has 0 saturated heterocycles. The number of rotatable bonds is 2. The molecule has 1 aliphatic heterocycles. The normalized spacial score (nSPS) is 20.7. The maximum Gasteiger partial charge on any atom is 0.0864 e. The van der Waals surface area contributed by atoms with Gasteiger partial charge in [0, 0.05) is 12.0 Å². The van der Waals surface area contributed by atoms with Gasteiger partial charge in [0.05, 0.1) is 22.6 Å².